The van der Waals surface area contributed by atoms with E-state index in [1.54, 1.807) is 0 Å². The number of piperazine rings is 1. The van der Waals surface area contributed by atoms with Gasteiger partial charge < -0.3 is 15.2 Å². The van der Waals surface area contributed by atoms with Crippen LogP contribution in [0.15, 0.2) is 22.9 Å². The third-order valence-electron chi connectivity index (χ3n) is 2.95. The molecule has 2 aromatic heterocycles. The van der Waals surface area contributed by atoms with Crippen molar-refractivity contribution < 1.29 is 0 Å². The van der Waals surface area contributed by atoms with Gasteiger partial charge in [-0.25, -0.2) is 4.98 Å². The molecular weight excluding hydrogens is 339 g/mol. The standard InChI is InChI=1S/C11H13BrN4.2ClH/c12-9-7-15-11-8(1-2-14-11)10(9)16-5-3-13-4-6-16;;/h1-2,7,13H,3-6H2,(H,14,15);2*1H. The van der Waals surface area contributed by atoms with Gasteiger partial charge in [0.15, 0.2) is 0 Å². The molecule has 3 heterocycles. The van der Waals surface area contributed by atoms with Gasteiger partial charge in [0.2, 0.25) is 0 Å². The normalized spacial score (nSPS) is 15.1. The van der Waals surface area contributed by atoms with Gasteiger partial charge in [-0.05, 0) is 22.0 Å². The van der Waals surface area contributed by atoms with Crippen molar-refractivity contribution in [1.82, 2.24) is 15.3 Å². The molecule has 0 aromatic carbocycles. The van der Waals surface area contributed by atoms with Gasteiger partial charge >= 0.3 is 0 Å². The van der Waals surface area contributed by atoms with E-state index in [0.717, 1.165) is 36.3 Å². The zero-order valence-electron chi connectivity index (χ0n) is 9.65. The minimum absolute atomic E-state index is 0. The molecule has 1 aliphatic heterocycles. The van der Waals surface area contributed by atoms with Crippen LogP contribution in [0.2, 0.25) is 0 Å². The van der Waals surface area contributed by atoms with Crippen LogP contribution in [0.4, 0.5) is 5.69 Å². The highest BCUT2D eigenvalue weighted by molar-refractivity contribution is 9.10. The molecule has 4 nitrogen and oxygen atoms in total. The Morgan fingerprint density at radius 2 is 1.94 bits per heavy atom. The summed E-state index contributed by atoms with van der Waals surface area (Å²) in [7, 11) is 0. The first kappa shape index (κ1) is 15.6. The van der Waals surface area contributed by atoms with E-state index in [1.165, 1.54) is 11.1 Å². The summed E-state index contributed by atoms with van der Waals surface area (Å²) in [6.45, 7) is 4.17. The van der Waals surface area contributed by atoms with Gasteiger partial charge in [0.1, 0.15) is 5.65 Å². The average Bonchev–Trinajstić information content (AvgIpc) is 2.78. The first-order valence-corrected chi connectivity index (χ1v) is 6.23. The fourth-order valence-corrected chi connectivity index (χ4v) is 2.75. The van der Waals surface area contributed by atoms with Crippen LogP contribution in [-0.2, 0) is 0 Å². The molecule has 1 aliphatic rings. The fraction of sp³-hybridized carbons (Fsp3) is 0.364. The molecule has 2 aromatic rings. The molecule has 0 saturated carbocycles. The lowest BCUT2D eigenvalue weighted by Gasteiger charge is -2.30. The Morgan fingerprint density at radius 1 is 1.22 bits per heavy atom. The molecular formula is C11H15BrCl2N4. The maximum atomic E-state index is 4.35. The number of pyridine rings is 1. The summed E-state index contributed by atoms with van der Waals surface area (Å²) < 4.78 is 1.07. The van der Waals surface area contributed by atoms with E-state index in [0.29, 0.717) is 0 Å². The number of hydrogen-bond acceptors (Lipinski definition) is 3. The summed E-state index contributed by atoms with van der Waals surface area (Å²) in [5, 5.41) is 4.56. The van der Waals surface area contributed by atoms with Gasteiger partial charge in [0.25, 0.3) is 0 Å². The Morgan fingerprint density at radius 3 is 2.67 bits per heavy atom. The maximum absolute atomic E-state index is 4.35. The molecule has 3 rings (SSSR count). The first-order valence-electron chi connectivity index (χ1n) is 5.43. The topological polar surface area (TPSA) is 44.0 Å². The summed E-state index contributed by atoms with van der Waals surface area (Å²) in [6.07, 6.45) is 3.81. The monoisotopic (exact) mass is 352 g/mol. The number of halogens is 3. The third kappa shape index (κ3) is 2.74. The predicted molar refractivity (Wildman–Crippen MR) is 83.4 cm³/mol. The van der Waals surface area contributed by atoms with Crippen molar-refractivity contribution in [1.29, 1.82) is 0 Å². The zero-order chi connectivity index (χ0) is 11.0. The minimum Gasteiger partial charge on any atom is -0.367 e. The number of fused-ring (bicyclic) bond motifs is 1. The minimum atomic E-state index is 0. The van der Waals surface area contributed by atoms with Crippen LogP contribution in [0.1, 0.15) is 0 Å². The molecule has 0 atom stereocenters. The van der Waals surface area contributed by atoms with Gasteiger partial charge in [-0.2, -0.15) is 0 Å². The van der Waals surface area contributed by atoms with E-state index in [1.807, 2.05) is 12.4 Å². The second kappa shape index (κ2) is 6.61. The largest absolute Gasteiger partial charge is 0.367 e. The molecule has 1 saturated heterocycles. The van der Waals surface area contributed by atoms with Crippen LogP contribution in [0.3, 0.4) is 0 Å². The number of rotatable bonds is 1. The second-order valence-corrected chi connectivity index (χ2v) is 4.79. The summed E-state index contributed by atoms with van der Waals surface area (Å²) in [5.41, 5.74) is 2.21. The smallest absolute Gasteiger partial charge is 0.139 e. The van der Waals surface area contributed by atoms with Crippen molar-refractivity contribution in [3.05, 3.63) is 22.9 Å². The van der Waals surface area contributed by atoms with Crippen molar-refractivity contribution in [2.75, 3.05) is 31.1 Å². The van der Waals surface area contributed by atoms with Gasteiger partial charge in [0, 0.05) is 44.0 Å². The Balaban J connectivity index is 0.000000810. The highest BCUT2D eigenvalue weighted by Crippen LogP contribution is 2.32. The van der Waals surface area contributed by atoms with Crippen LogP contribution < -0.4 is 10.2 Å². The Kier molecular flexibility index (Phi) is 5.72. The molecule has 18 heavy (non-hydrogen) atoms. The highest BCUT2D eigenvalue weighted by Gasteiger charge is 2.17. The maximum Gasteiger partial charge on any atom is 0.139 e. The van der Waals surface area contributed by atoms with Crippen LogP contribution >= 0.6 is 40.7 Å². The summed E-state index contributed by atoms with van der Waals surface area (Å²) in [6, 6.07) is 2.09. The summed E-state index contributed by atoms with van der Waals surface area (Å²) in [5.74, 6) is 0. The van der Waals surface area contributed by atoms with Crippen molar-refractivity contribution in [2.45, 2.75) is 0 Å². The van der Waals surface area contributed by atoms with Gasteiger partial charge in [0.05, 0.1) is 10.2 Å². The second-order valence-electron chi connectivity index (χ2n) is 3.93. The van der Waals surface area contributed by atoms with Crippen LogP contribution in [0.5, 0.6) is 0 Å². The lowest BCUT2D eigenvalue weighted by Crippen LogP contribution is -2.43. The Labute approximate surface area is 126 Å². The quantitative estimate of drug-likeness (QED) is 0.828. The highest BCUT2D eigenvalue weighted by atomic mass is 79.9. The molecule has 0 radical (unpaired) electrons. The van der Waals surface area contributed by atoms with E-state index < -0.39 is 0 Å². The van der Waals surface area contributed by atoms with Gasteiger partial charge in [-0.15, -0.1) is 24.8 Å². The predicted octanol–water partition coefficient (Wildman–Crippen LogP) is 2.58. The van der Waals surface area contributed by atoms with Crippen LogP contribution in [0.25, 0.3) is 11.0 Å². The number of H-pyrrole nitrogens is 1. The van der Waals surface area contributed by atoms with Crippen molar-refractivity contribution in [3.63, 3.8) is 0 Å². The van der Waals surface area contributed by atoms with E-state index >= 15 is 0 Å². The van der Waals surface area contributed by atoms with E-state index in [9.17, 15) is 0 Å². The molecule has 100 valence electrons. The fourth-order valence-electron chi connectivity index (χ4n) is 2.18. The zero-order valence-corrected chi connectivity index (χ0v) is 12.9. The lowest BCUT2D eigenvalue weighted by atomic mass is 10.2. The molecule has 0 bridgehead atoms. The number of aromatic amines is 1. The number of anilines is 1. The van der Waals surface area contributed by atoms with Gasteiger partial charge in [-0.3, -0.25) is 0 Å². The molecule has 7 heteroatoms. The third-order valence-corrected chi connectivity index (χ3v) is 3.53. The van der Waals surface area contributed by atoms with Crippen LogP contribution in [-0.4, -0.2) is 36.1 Å². The summed E-state index contributed by atoms with van der Waals surface area (Å²) >= 11 is 3.60. The first-order chi connectivity index (χ1) is 7.86. The molecule has 0 spiro atoms. The Bertz CT molecular complexity index is 511. The number of nitrogens with zero attached hydrogens (tertiary/aromatic N) is 2. The van der Waals surface area contributed by atoms with E-state index in [-0.39, 0.29) is 24.8 Å². The number of nitrogens with one attached hydrogen (secondary N) is 2. The number of hydrogen-bond donors (Lipinski definition) is 2. The number of aromatic nitrogens is 2. The Hall–Kier alpha value is -0.490. The average molecular weight is 354 g/mol. The molecule has 1 fully saturated rings. The molecule has 0 amide bonds. The van der Waals surface area contributed by atoms with E-state index in [2.05, 4.69) is 42.2 Å². The van der Waals surface area contributed by atoms with Gasteiger partial charge in [-0.1, -0.05) is 0 Å². The lowest BCUT2D eigenvalue weighted by molar-refractivity contribution is 0.589. The SMILES string of the molecule is Brc1cnc2[nH]ccc2c1N1CCNCC1.Cl.Cl. The molecule has 0 unspecified atom stereocenters. The van der Waals surface area contributed by atoms with E-state index in [4.69, 9.17) is 0 Å². The van der Waals surface area contributed by atoms with Crippen molar-refractivity contribution in [2.24, 2.45) is 0 Å². The van der Waals surface area contributed by atoms with Crippen molar-refractivity contribution >= 4 is 57.5 Å². The van der Waals surface area contributed by atoms with Crippen LogP contribution in [0, 0.1) is 0 Å². The molecule has 2 N–H and O–H groups in total. The van der Waals surface area contributed by atoms with Crippen molar-refractivity contribution in [3.8, 4) is 0 Å². The summed E-state index contributed by atoms with van der Waals surface area (Å²) in [4.78, 5) is 9.90. The molecule has 0 aliphatic carbocycles.